The van der Waals surface area contributed by atoms with Crippen molar-refractivity contribution in [2.24, 2.45) is 0 Å². The molecule has 2 aromatic rings. The van der Waals surface area contributed by atoms with Crippen molar-refractivity contribution in [2.45, 2.75) is 32.6 Å². The summed E-state index contributed by atoms with van der Waals surface area (Å²) in [4.78, 5) is 14.1. The predicted molar refractivity (Wildman–Crippen MR) is 86.1 cm³/mol. The molecular formula is C16H21NO2S. The van der Waals surface area contributed by atoms with Crippen LogP contribution in [0.5, 0.6) is 0 Å². The van der Waals surface area contributed by atoms with Gasteiger partial charge < -0.3 is 10.0 Å². The van der Waals surface area contributed by atoms with Crippen LogP contribution in [0.1, 0.15) is 37.5 Å². The number of fused-ring (bicyclic) bond motifs is 1. The van der Waals surface area contributed by atoms with Crippen molar-refractivity contribution in [3.8, 4) is 0 Å². The van der Waals surface area contributed by atoms with E-state index in [0.717, 1.165) is 12.2 Å². The van der Waals surface area contributed by atoms with Gasteiger partial charge in [-0.3, -0.25) is 4.79 Å². The quantitative estimate of drug-likeness (QED) is 0.861. The zero-order valence-electron chi connectivity index (χ0n) is 12.2. The number of benzene rings is 1. The normalized spacial score (nSPS) is 11.2. The summed E-state index contributed by atoms with van der Waals surface area (Å²) in [6.07, 6.45) is 0.897. The molecule has 20 heavy (non-hydrogen) atoms. The minimum absolute atomic E-state index is 0.225. The largest absolute Gasteiger partial charge is 0.481 e. The van der Waals surface area contributed by atoms with E-state index in [1.165, 1.54) is 15.0 Å². The SMILES string of the molecule is CC(C)c1cc2ccc(N(C)CCCC(=O)O)cc2s1. The van der Waals surface area contributed by atoms with E-state index in [4.69, 9.17) is 5.11 Å². The van der Waals surface area contributed by atoms with Crippen LogP contribution in [-0.2, 0) is 4.79 Å². The lowest BCUT2D eigenvalue weighted by Gasteiger charge is -2.18. The molecule has 0 fully saturated rings. The Bertz CT molecular complexity index is 604. The molecule has 0 aliphatic rings. The van der Waals surface area contributed by atoms with Gasteiger partial charge in [-0.2, -0.15) is 0 Å². The summed E-state index contributed by atoms with van der Waals surface area (Å²) in [5, 5.41) is 9.97. The van der Waals surface area contributed by atoms with Crippen LogP contribution < -0.4 is 4.90 Å². The lowest BCUT2D eigenvalue weighted by molar-refractivity contribution is -0.137. The van der Waals surface area contributed by atoms with Gasteiger partial charge in [-0.25, -0.2) is 0 Å². The van der Waals surface area contributed by atoms with Gasteiger partial charge in [0.05, 0.1) is 0 Å². The standard InChI is InChI=1S/C16H21NO2S/c1-11(2)14-9-12-6-7-13(10-15(12)20-14)17(3)8-4-5-16(18)19/h6-7,9-11H,4-5,8H2,1-3H3,(H,18,19). The number of anilines is 1. The second kappa shape index (κ2) is 6.27. The van der Waals surface area contributed by atoms with E-state index < -0.39 is 5.97 Å². The van der Waals surface area contributed by atoms with E-state index in [2.05, 4.69) is 43.0 Å². The van der Waals surface area contributed by atoms with Crippen LogP contribution in [0.4, 0.5) is 5.69 Å². The number of thiophene rings is 1. The van der Waals surface area contributed by atoms with E-state index in [1.54, 1.807) is 0 Å². The minimum atomic E-state index is -0.728. The second-order valence-electron chi connectivity index (χ2n) is 5.44. The summed E-state index contributed by atoms with van der Waals surface area (Å²) in [6, 6.07) is 8.73. The van der Waals surface area contributed by atoms with Crippen LogP contribution in [0.25, 0.3) is 10.1 Å². The molecule has 2 rings (SSSR count). The number of rotatable bonds is 6. The van der Waals surface area contributed by atoms with Gasteiger partial charge in [0.15, 0.2) is 0 Å². The molecule has 3 nitrogen and oxygen atoms in total. The highest BCUT2D eigenvalue weighted by atomic mass is 32.1. The number of hydrogen-bond donors (Lipinski definition) is 1. The van der Waals surface area contributed by atoms with Crippen LogP contribution in [0.2, 0.25) is 0 Å². The van der Waals surface area contributed by atoms with Gasteiger partial charge in [0, 0.05) is 35.3 Å². The maximum atomic E-state index is 10.5. The highest BCUT2D eigenvalue weighted by molar-refractivity contribution is 7.19. The molecule has 1 N–H and O–H groups in total. The number of aliphatic carboxylic acids is 1. The summed E-state index contributed by atoms with van der Waals surface area (Å²) in [6.45, 7) is 5.19. The van der Waals surface area contributed by atoms with Crippen LogP contribution in [0.15, 0.2) is 24.3 Å². The molecule has 0 atom stereocenters. The van der Waals surface area contributed by atoms with Gasteiger partial charge in [0.2, 0.25) is 0 Å². The number of carbonyl (C=O) groups is 1. The first-order chi connectivity index (χ1) is 9.47. The Labute approximate surface area is 123 Å². The first-order valence-corrected chi connectivity index (χ1v) is 7.75. The van der Waals surface area contributed by atoms with Crippen molar-refractivity contribution in [2.75, 3.05) is 18.5 Å². The molecule has 0 bridgehead atoms. The van der Waals surface area contributed by atoms with Crippen molar-refractivity contribution in [3.05, 3.63) is 29.1 Å². The van der Waals surface area contributed by atoms with E-state index in [-0.39, 0.29) is 6.42 Å². The molecule has 1 aromatic carbocycles. The summed E-state index contributed by atoms with van der Waals surface area (Å²) in [5.41, 5.74) is 1.15. The van der Waals surface area contributed by atoms with Gasteiger partial charge in [0.1, 0.15) is 0 Å². The van der Waals surface area contributed by atoms with Crippen molar-refractivity contribution in [3.63, 3.8) is 0 Å². The van der Waals surface area contributed by atoms with Gasteiger partial charge in [-0.15, -0.1) is 11.3 Å². The van der Waals surface area contributed by atoms with Crippen molar-refractivity contribution in [1.82, 2.24) is 0 Å². The molecule has 108 valence electrons. The molecule has 0 amide bonds. The zero-order valence-corrected chi connectivity index (χ0v) is 13.0. The van der Waals surface area contributed by atoms with Gasteiger partial charge in [-0.1, -0.05) is 19.9 Å². The molecule has 0 radical (unpaired) electrons. The summed E-state index contributed by atoms with van der Waals surface area (Å²) < 4.78 is 1.30. The molecule has 1 heterocycles. The molecule has 0 unspecified atom stereocenters. The fourth-order valence-electron chi connectivity index (χ4n) is 2.16. The van der Waals surface area contributed by atoms with E-state index in [9.17, 15) is 4.79 Å². The Morgan fingerprint density at radius 2 is 2.10 bits per heavy atom. The fourth-order valence-corrected chi connectivity index (χ4v) is 3.26. The average molecular weight is 291 g/mol. The molecule has 0 aliphatic heterocycles. The smallest absolute Gasteiger partial charge is 0.303 e. The first kappa shape index (κ1) is 14.9. The molecule has 0 spiro atoms. The molecule has 0 saturated heterocycles. The average Bonchev–Trinajstić information content (AvgIpc) is 2.81. The van der Waals surface area contributed by atoms with Crippen LogP contribution in [-0.4, -0.2) is 24.7 Å². The molecule has 1 aromatic heterocycles. The van der Waals surface area contributed by atoms with Crippen molar-refractivity contribution >= 4 is 33.1 Å². The Balaban J connectivity index is 2.12. The maximum Gasteiger partial charge on any atom is 0.303 e. The lowest BCUT2D eigenvalue weighted by atomic mass is 10.1. The summed E-state index contributed by atoms with van der Waals surface area (Å²) in [7, 11) is 2.01. The summed E-state index contributed by atoms with van der Waals surface area (Å²) in [5.74, 6) is -0.169. The van der Waals surface area contributed by atoms with Crippen LogP contribution in [0.3, 0.4) is 0 Å². The molecule has 4 heteroatoms. The number of carboxylic acid groups (broad SMARTS) is 1. The fraction of sp³-hybridized carbons (Fsp3) is 0.438. The zero-order chi connectivity index (χ0) is 14.7. The summed E-state index contributed by atoms with van der Waals surface area (Å²) >= 11 is 1.84. The molecule has 0 aliphatic carbocycles. The Kier molecular flexibility index (Phi) is 4.65. The third kappa shape index (κ3) is 3.51. The second-order valence-corrected chi connectivity index (χ2v) is 6.56. The van der Waals surface area contributed by atoms with E-state index in [1.807, 2.05) is 18.4 Å². The third-order valence-corrected chi connectivity index (χ3v) is 4.82. The minimum Gasteiger partial charge on any atom is -0.481 e. The number of carboxylic acids is 1. The predicted octanol–water partition coefficient (Wildman–Crippen LogP) is 4.33. The van der Waals surface area contributed by atoms with Crippen molar-refractivity contribution in [1.29, 1.82) is 0 Å². The number of nitrogens with zero attached hydrogens (tertiary/aromatic N) is 1. The highest BCUT2D eigenvalue weighted by Crippen LogP contribution is 2.33. The molecular weight excluding hydrogens is 270 g/mol. The highest BCUT2D eigenvalue weighted by Gasteiger charge is 2.08. The Morgan fingerprint density at radius 3 is 2.75 bits per heavy atom. The Hall–Kier alpha value is -1.55. The Morgan fingerprint density at radius 1 is 1.35 bits per heavy atom. The monoisotopic (exact) mass is 291 g/mol. The van der Waals surface area contributed by atoms with E-state index >= 15 is 0 Å². The topological polar surface area (TPSA) is 40.5 Å². The van der Waals surface area contributed by atoms with E-state index in [0.29, 0.717) is 12.3 Å². The first-order valence-electron chi connectivity index (χ1n) is 6.94. The molecule has 0 saturated carbocycles. The maximum absolute atomic E-state index is 10.5. The van der Waals surface area contributed by atoms with Crippen LogP contribution in [0, 0.1) is 0 Å². The van der Waals surface area contributed by atoms with Gasteiger partial charge in [-0.05, 0) is 35.9 Å². The third-order valence-electron chi connectivity index (χ3n) is 3.42. The van der Waals surface area contributed by atoms with Crippen LogP contribution >= 0.6 is 11.3 Å². The number of hydrogen-bond acceptors (Lipinski definition) is 3. The van der Waals surface area contributed by atoms with Gasteiger partial charge in [0.25, 0.3) is 0 Å². The van der Waals surface area contributed by atoms with Gasteiger partial charge >= 0.3 is 5.97 Å². The van der Waals surface area contributed by atoms with Crippen molar-refractivity contribution < 1.29 is 9.90 Å². The lowest BCUT2D eigenvalue weighted by Crippen LogP contribution is -2.19.